The molecule has 0 saturated carbocycles. The number of nitrogens with zero attached hydrogens (tertiary/aromatic N) is 1. The maximum absolute atomic E-state index is 5.28. The summed E-state index contributed by atoms with van der Waals surface area (Å²) >= 11 is 5.15. The first-order valence-electron chi connectivity index (χ1n) is 5.69. The monoisotopic (exact) mass is 264 g/mol. The summed E-state index contributed by atoms with van der Waals surface area (Å²) in [5.41, 5.74) is 1.19. The number of benzene rings is 1. The molecule has 96 valence electrons. The van der Waals surface area contributed by atoms with Crippen LogP contribution in [0.4, 0.5) is 0 Å². The van der Waals surface area contributed by atoms with E-state index in [2.05, 4.69) is 4.98 Å². The van der Waals surface area contributed by atoms with Crippen molar-refractivity contribution in [3.8, 4) is 11.5 Å². The van der Waals surface area contributed by atoms with Crippen LogP contribution < -0.4 is 9.47 Å². The van der Waals surface area contributed by atoms with Gasteiger partial charge in [-0.05, 0) is 36.3 Å². The van der Waals surface area contributed by atoms with Gasteiger partial charge in [0.15, 0.2) is 16.3 Å². The van der Waals surface area contributed by atoms with E-state index in [9.17, 15) is 0 Å². The van der Waals surface area contributed by atoms with Crippen molar-refractivity contribution in [2.24, 2.45) is 0 Å². The van der Waals surface area contributed by atoms with Crippen molar-refractivity contribution in [1.29, 1.82) is 0 Å². The maximum atomic E-state index is 5.28. The van der Waals surface area contributed by atoms with Gasteiger partial charge < -0.3 is 19.0 Å². The number of aryl methyl sites for hydroxylation is 2. The van der Waals surface area contributed by atoms with Crippen LogP contribution in [0.15, 0.2) is 30.6 Å². The predicted octanol–water partition coefficient (Wildman–Crippen LogP) is 2.81. The van der Waals surface area contributed by atoms with Crippen molar-refractivity contribution in [3.05, 3.63) is 40.9 Å². The van der Waals surface area contributed by atoms with Crippen molar-refractivity contribution in [3.63, 3.8) is 0 Å². The molecule has 1 aromatic heterocycles. The van der Waals surface area contributed by atoms with Crippen LogP contribution in [0.25, 0.3) is 0 Å². The number of ether oxygens (including phenoxy) is 2. The Bertz CT molecular complexity index is 574. The second kappa shape index (κ2) is 5.73. The van der Waals surface area contributed by atoms with Gasteiger partial charge in [-0.1, -0.05) is 6.07 Å². The Balaban J connectivity index is 2.10. The van der Waals surface area contributed by atoms with Crippen molar-refractivity contribution in [1.82, 2.24) is 9.55 Å². The summed E-state index contributed by atoms with van der Waals surface area (Å²) < 4.78 is 13.2. The zero-order valence-corrected chi connectivity index (χ0v) is 11.3. The second-order valence-corrected chi connectivity index (χ2v) is 4.28. The van der Waals surface area contributed by atoms with E-state index in [1.807, 2.05) is 35.2 Å². The summed E-state index contributed by atoms with van der Waals surface area (Å²) in [6, 6.07) is 5.96. The number of aromatic amines is 1. The molecule has 1 N–H and O–H groups in total. The topological polar surface area (TPSA) is 39.2 Å². The van der Waals surface area contributed by atoms with Gasteiger partial charge in [-0.25, -0.2) is 0 Å². The Morgan fingerprint density at radius 2 is 2.00 bits per heavy atom. The van der Waals surface area contributed by atoms with Crippen molar-refractivity contribution in [2.75, 3.05) is 14.2 Å². The van der Waals surface area contributed by atoms with Crippen LogP contribution in [0.1, 0.15) is 5.56 Å². The summed E-state index contributed by atoms with van der Waals surface area (Å²) in [6.07, 6.45) is 4.69. The molecule has 4 nitrogen and oxygen atoms in total. The largest absolute Gasteiger partial charge is 0.493 e. The minimum atomic E-state index is 0.746. The molecule has 0 aliphatic heterocycles. The molecule has 0 bridgehead atoms. The van der Waals surface area contributed by atoms with Crippen molar-refractivity contribution >= 4 is 12.2 Å². The van der Waals surface area contributed by atoms with Crippen LogP contribution in [0, 0.1) is 4.77 Å². The molecule has 2 aromatic rings. The number of hydrogen-bond donors (Lipinski definition) is 1. The fourth-order valence-electron chi connectivity index (χ4n) is 1.81. The first kappa shape index (κ1) is 12.7. The SMILES string of the molecule is COc1ccc(CCn2cc[nH]c2=S)cc1OC. The van der Waals surface area contributed by atoms with Gasteiger partial charge in [0.25, 0.3) is 0 Å². The van der Waals surface area contributed by atoms with Gasteiger partial charge in [0, 0.05) is 18.9 Å². The number of aromatic nitrogens is 2. The molecule has 0 amide bonds. The van der Waals surface area contributed by atoms with E-state index >= 15 is 0 Å². The molecule has 0 aliphatic rings. The number of rotatable bonds is 5. The van der Waals surface area contributed by atoms with Crippen LogP contribution in [0.3, 0.4) is 0 Å². The van der Waals surface area contributed by atoms with E-state index in [1.165, 1.54) is 5.56 Å². The molecular formula is C13H16N2O2S. The Labute approximate surface area is 111 Å². The summed E-state index contributed by atoms with van der Waals surface area (Å²) in [5.74, 6) is 1.51. The standard InChI is InChI=1S/C13H16N2O2S/c1-16-11-4-3-10(9-12(11)17-2)5-7-15-8-6-14-13(15)18/h3-4,6,8-9H,5,7H2,1-2H3,(H,14,18). The molecule has 0 fully saturated rings. The molecule has 0 spiro atoms. The molecule has 0 radical (unpaired) electrons. The smallest absolute Gasteiger partial charge is 0.177 e. The normalized spacial score (nSPS) is 10.3. The maximum Gasteiger partial charge on any atom is 0.177 e. The van der Waals surface area contributed by atoms with Gasteiger partial charge in [0.1, 0.15) is 0 Å². The zero-order chi connectivity index (χ0) is 13.0. The van der Waals surface area contributed by atoms with Crippen LogP contribution in [-0.2, 0) is 13.0 Å². The average Bonchev–Trinajstić information content (AvgIpc) is 2.81. The Kier molecular flexibility index (Phi) is 4.04. The molecule has 5 heteroatoms. The molecule has 0 unspecified atom stereocenters. The summed E-state index contributed by atoms with van der Waals surface area (Å²) in [4.78, 5) is 2.98. The van der Waals surface area contributed by atoms with Crippen LogP contribution in [0.5, 0.6) is 11.5 Å². The highest BCUT2D eigenvalue weighted by atomic mass is 32.1. The fourth-order valence-corrected chi connectivity index (χ4v) is 2.03. The number of nitrogens with one attached hydrogen (secondary N) is 1. The molecule has 0 saturated heterocycles. The first-order valence-corrected chi connectivity index (χ1v) is 6.10. The highest BCUT2D eigenvalue weighted by molar-refractivity contribution is 7.71. The van der Waals surface area contributed by atoms with E-state index < -0.39 is 0 Å². The first-order chi connectivity index (χ1) is 8.74. The van der Waals surface area contributed by atoms with Crippen LogP contribution in [-0.4, -0.2) is 23.8 Å². The summed E-state index contributed by atoms with van der Waals surface area (Å²) in [7, 11) is 3.28. The third kappa shape index (κ3) is 2.73. The molecule has 0 aliphatic carbocycles. The Morgan fingerprint density at radius 1 is 1.22 bits per heavy atom. The summed E-state index contributed by atoms with van der Waals surface area (Å²) in [6.45, 7) is 0.845. The lowest BCUT2D eigenvalue weighted by atomic mass is 10.1. The third-order valence-electron chi connectivity index (χ3n) is 2.81. The van der Waals surface area contributed by atoms with Gasteiger partial charge in [0.05, 0.1) is 14.2 Å². The highest BCUT2D eigenvalue weighted by Crippen LogP contribution is 2.27. The minimum Gasteiger partial charge on any atom is -0.493 e. The number of H-pyrrole nitrogens is 1. The molecule has 0 atom stereocenters. The lowest BCUT2D eigenvalue weighted by molar-refractivity contribution is 0.354. The van der Waals surface area contributed by atoms with Gasteiger partial charge in [0.2, 0.25) is 0 Å². The number of imidazole rings is 1. The van der Waals surface area contributed by atoms with Crippen LogP contribution >= 0.6 is 12.2 Å². The van der Waals surface area contributed by atoms with E-state index in [0.29, 0.717) is 0 Å². The molecular weight excluding hydrogens is 248 g/mol. The quantitative estimate of drug-likeness (QED) is 0.844. The Morgan fingerprint density at radius 3 is 2.61 bits per heavy atom. The van der Waals surface area contributed by atoms with Gasteiger partial charge >= 0.3 is 0 Å². The van der Waals surface area contributed by atoms with Crippen LogP contribution in [0.2, 0.25) is 0 Å². The van der Waals surface area contributed by atoms with Gasteiger partial charge in [-0.3, -0.25) is 0 Å². The third-order valence-corrected chi connectivity index (χ3v) is 3.16. The van der Waals surface area contributed by atoms with Crippen molar-refractivity contribution in [2.45, 2.75) is 13.0 Å². The predicted molar refractivity (Wildman–Crippen MR) is 72.9 cm³/mol. The average molecular weight is 264 g/mol. The molecule has 1 heterocycles. The van der Waals surface area contributed by atoms with Gasteiger partial charge in [-0.15, -0.1) is 0 Å². The minimum absolute atomic E-state index is 0.746. The van der Waals surface area contributed by atoms with E-state index in [4.69, 9.17) is 21.7 Å². The van der Waals surface area contributed by atoms with E-state index in [1.54, 1.807) is 14.2 Å². The lowest BCUT2D eigenvalue weighted by Crippen LogP contribution is -2.00. The summed E-state index contributed by atoms with van der Waals surface area (Å²) in [5, 5.41) is 0. The van der Waals surface area contributed by atoms with E-state index in [0.717, 1.165) is 29.2 Å². The lowest BCUT2D eigenvalue weighted by Gasteiger charge is -2.09. The zero-order valence-electron chi connectivity index (χ0n) is 10.5. The fraction of sp³-hybridized carbons (Fsp3) is 0.308. The molecule has 2 rings (SSSR count). The molecule has 18 heavy (non-hydrogen) atoms. The number of methoxy groups -OCH3 is 2. The van der Waals surface area contributed by atoms with Gasteiger partial charge in [-0.2, -0.15) is 0 Å². The Hall–Kier alpha value is -1.75. The van der Waals surface area contributed by atoms with E-state index in [-0.39, 0.29) is 0 Å². The second-order valence-electron chi connectivity index (χ2n) is 3.90. The highest BCUT2D eigenvalue weighted by Gasteiger charge is 2.04. The van der Waals surface area contributed by atoms with Crippen molar-refractivity contribution < 1.29 is 9.47 Å². The number of hydrogen-bond acceptors (Lipinski definition) is 3. The molecule has 1 aromatic carbocycles.